The SMILES string of the molecule is CN(c1ccc2c(c1)CCCC2CN1CCC(c2ccccc2)C1)S(C)(=O)=O.Cl. The number of nitrogens with zero attached hydrogens (tertiary/aromatic N) is 2. The van der Waals surface area contributed by atoms with Crippen LogP contribution in [0.1, 0.15) is 47.8 Å². The van der Waals surface area contributed by atoms with Gasteiger partial charge in [0, 0.05) is 20.1 Å². The zero-order valence-corrected chi connectivity index (χ0v) is 18.9. The van der Waals surface area contributed by atoms with E-state index in [-0.39, 0.29) is 12.4 Å². The molecule has 2 aromatic carbocycles. The van der Waals surface area contributed by atoms with Crippen LogP contribution in [0.3, 0.4) is 0 Å². The van der Waals surface area contributed by atoms with Crippen molar-refractivity contribution in [1.82, 2.24) is 4.90 Å². The zero-order valence-electron chi connectivity index (χ0n) is 17.3. The van der Waals surface area contributed by atoms with Crippen molar-refractivity contribution < 1.29 is 8.42 Å². The van der Waals surface area contributed by atoms with Crippen LogP contribution < -0.4 is 4.31 Å². The van der Waals surface area contributed by atoms with E-state index in [0.717, 1.165) is 25.2 Å². The molecular weight excluding hydrogens is 404 g/mol. The fourth-order valence-electron chi connectivity index (χ4n) is 4.79. The van der Waals surface area contributed by atoms with Crippen LogP contribution in [0, 0.1) is 0 Å². The first kappa shape index (κ1) is 22.1. The maximum absolute atomic E-state index is 11.9. The molecule has 6 heteroatoms. The minimum atomic E-state index is -3.22. The van der Waals surface area contributed by atoms with Crippen LogP contribution in [0.4, 0.5) is 5.69 Å². The minimum absolute atomic E-state index is 0. The van der Waals surface area contributed by atoms with E-state index in [0.29, 0.717) is 11.8 Å². The smallest absolute Gasteiger partial charge is 0.231 e. The molecule has 0 aromatic heterocycles. The monoisotopic (exact) mass is 434 g/mol. The summed E-state index contributed by atoms with van der Waals surface area (Å²) in [5.41, 5.74) is 4.97. The highest BCUT2D eigenvalue weighted by Gasteiger charge is 2.28. The van der Waals surface area contributed by atoms with Gasteiger partial charge in [-0.1, -0.05) is 36.4 Å². The van der Waals surface area contributed by atoms with Gasteiger partial charge in [-0.3, -0.25) is 4.31 Å². The normalized spacial score (nSPS) is 22.0. The molecule has 0 radical (unpaired) electrons. The maximum Gasteiger partial charge on any atom is 0.231 e. The number of fused-ring (bicyclic) bond motifs is 1. The number of aryl methyl sites for hydroxylation is 1. The van der Waals surface area contributed by atoms with E-state index in [1.807, 2.05) is 6.07 Å². The van der Waals surface area contributed by atoms with Crippen molar-refractivity contribution in [2.45, 2.75) is 37.5 Å². The predicted molar refractivity (Wildman–Crippen MR) is 123 cm³/mol. The Morgan fingerprint density at radius 1 is 1.10 bits per heavy atom. The molecule has 1 aliphatic heterocycles. The summed E-state index contributed by atoms with van der Waals surface area (Å²) in [4.78, 5) is 2.62. The highest BCUT2D eigenvalue weighted by atomic mass is 35.5. The van der Waals surface area contributed by atoms with Crippen molar-refractivity contribution in [3.8, 4) is 0 Å². The van der Waals surface area contributed by atoms with Crippen LogP contribution in [0.5, 0.6) is 0 Å². The van der Waals surface area contributed by atoms with E-state index in [1.54, 1.807) is 7.05 Å². The number of hydrogen-bond donors (Lipinski definition) is 0. The van der Waals surface area contributed by atoms with E-state index < -0.39 is 10.0 Å². The van der Waals surface area contributed by atoms with Crippen molar-refractivity contribution in [1.29, 1.82) is 0 Å². The second-order valence-corrected chi connectivity index (χ2v) is 10.4. The molecule has 2 atom stereocenters. The lowest BCUT2D eigenvalue weighted by Crippen LogP contribution is -2.29. The molecule has 158 valence electrons. The molecule has 1 aliphatic carbocycles. The average molecular weight is 435 g/mol. The van der Waals surface area contributed by atoms with E-state index in [2.05, 4.69) is 47.4 Å². The molecule has 0 bridgehead atoms. The molecule has 1 fully saturated rings. The zero-order chi connectivity index (χ0) is 19.7. The summed E-state index contributed by atoms with van der Waals surface area (Å²) in [5, 5.41) is 0. The van der Waals surface area contributed by atoms with E-state index in [9.17, 15) is 8.42 Å². The maximum atomic E-state index is 11.9. The highest BCUT2D eigenvalue weighted by Crippen LogP contribution is 2.36. The third kappa shape index (κ3) is 4.96. The van der Waals surface area contributed by atoms with E-state index in [4.69, 9.17) is 0 Å². The number of likely N-dealkylation sites (tertiary alicyclic amines) is 1. The lowest BCUT2D eigenvalue weighted by atomic mass is 9.82. The molecule has 4 nitrogen and oxygen atoms in total. The summed E-state index contributed by atoms with van der Waals surface area (Å²) in [6.07, 6.45) is 5.94. The van der Waals surface area contributed by atoms with Crippen LogP contribution in [0.25, 0.3) is 0 Å². The lowest BCUT2D eigenvalue weighted by molar-refractivity contribution is 0.297. The third-order valence-corrected chi connectivity index (χ3v) is 7.65. The summed E-state index contributed by atoms with van der Waals surface area (Å²) in [5.74, 6) is 1.20. The molecule has 1 heterocycles. The van der Waals surface area contributed by atoms with Gasteiger partial charge in [0.2, 0.25) is 10.0 Å². The molecule has 2 unspecified atom stereocenters. The van der Waals surface area contributed by atoms with Gasteiger partial charge in [0.15, 0.2) is 0 Å². The Labute approximate surface area is 181 Å². The molecule has 0 N–H and O–H groups in total. The second-order valence-electron chi connectivity index (χ2n) is 8.36. The minimum Gasteiger partial charge on any atom is -0.302 e. The summed E-state index contributed by atoms with van der Waals surface area (Å²) in [6.45, 7) is 3.42. The molecule has 1 saturated heterocycles. The Bertz CT molecular complexity index is 933. The first-order chi connectivity index (χ1) is 13.4. The topological polar surface area (TPSA) is 40.6 Å². The molecule has 0 spiro atoms. The van der Waals surface area contributed by atoms with Crippen molar-refractivity contribution >= 4 is 28.1 Å². The van der Waals surface area contributed by atoms with Gasteiger partial charge < -0.3 is 4.90 Å². The van der Waals surface area contributed by atoms with Crippen LogP contribution >= 0.6 is 12.4 Å². The quantitative estimate of drug-likeness (QED) is 0.699. The Morgan fingerprint density at radius 3 is 2.59 bits per heavy atom. The van der Waals surface area contributed by atoms with Crippen molar-refractivity contribution in [2.75, 3.05) is 37.2 Å². The van der Waals surface area contributed by atoms with Gasteiger partial charge in [0.25, 0.3) is 0 Å². The predicted octanol–water partition coefficient (Wildman–Crippen LogP) is 4.41. The van der Waals surface area contributed by atoms with Gasteiger partial charge in [-0.05, 0) is 72.9 Å². The van der Waals surface area contributed by atoms with Gasteiger partial charge in [0.1, 0.15) is 0 Å². The molecule has 0 saturated carbocycles. The summed E-state index contributed by atoms with van der Waals surface area (Å²) < 4.78 is 25.1. The molecule has 4 rings (SSSR count). The largest absolute Gasteiger partial charge is 0.302 e. The Morgan fingerprint density at radius 2 is 1.86 bits per heavy atom. The van der Waals surface area contributed by atoms with Crippen LogP contribution in [0.2, 0.25) is 0 Å². The fraction of sp³-hybridized carbons (Fsp3) is 0.478. The molecular formula is C23H31ClN2O2S. The Balaban J connectivity index is 0.00000240. The van der Waals surface area contributed by atoms with E-state index in [1.165, 1.54) is 53.1 Å². The number of halogens is 1. The first-order valence-corrected chi connectivity index (χ1v) is 12.1. The van der Waals surface area contributed by atoms with Crippen LogP contribution in [0.15, 0.2) is 48.5 Å². The molecule has 2 aliphatic rings. The van der Waals surface area contributed by atoms with Crippen molar-refractivity contribution in [2.24, 2.45) is 0 Å². The standard InChI is InChI=1S/C23H30N2O2S.ClH/c1-24(28(2,26)27)22-11-12-23-19(15-22)9-6-10-21(23)17-25-14-13-20(16-25)18-7-4-3-5-8-18;/h3-5,7-8,11-12,15,20-21H,6,9-10,13-14,16-17H2,1-2H3;1H. The molecule has 29 heavy (non-hydrogen) atoms. The Hall–Kier alpha value is -1.56. The summed E-state index contributed by atoms with van der Waals surface area (Å²) in [7, 11) is -1.59. The molecule has 0 amide bonds. The van der Waals surface area contributed by atoms with Crippen LogP contribution in [-0.4, -0.2) is 46.3 Å². The lowest BCUT2D eigenvalue weighted by Gasteiger charge is -2.30. The number of benzene rings is 2. The highest BCUT2D eigenvalue weighted by molar-refractivity contribution is 7.92. The summed E-state index contributed by atoms with van der Waals surface area (Å²) >= 11 is 0. The number of hydrogen-bond acceptors (Lipinski definition) is 3. The third-order valence-electron chi connectivity index (χ3n) is 6.45. The first-order valence-electron chi connectivity index (χ1n) is 10.3. The summed E-state index contributed by atoms with van der Waals surface area (Å²) in [6, 6.07) is 17.1. The average Bonchev–Trinajstić information content (AvgIpc) is 3.16. The van der Waals surface area contributed by atoms with Crippen molar-refractivity contribution in [3.63, 3.8) is 0 Å². The van der Waals surface area contributed by atoms with Crippen molar-refractivity contribution in [3.05, 3.63) is 65.2 Å². The number of anilines is 1. The van der Waals surface area contributed by atoms with Gasteiger partial charge in [-0.15, -0.1) is 12.4 Å². The number of sulfonamides is 1. The van der Waals surface area contributed by atoms with Gasteiger partial charge in [-0.25, -0.2) is 8.42 Å². The van der Waals surface area contributed by atoms with Gasteiger partial charge in [0.05, 0.1) is 11.9 Å². The second kappa shape index (κ2) is 9.07. The molecule has 2 aromatic rings. The Kier molecular flexibility index (Phi) is 6.92. The van der Waals surface area contributed by atoms with Gasteiger partial charge >= 0.3 is 0 Å². The van der Waals surface area contributed by atoms with Gasteiger partial charge in [-0.2, -0.15) is 0 Å². The van der Waals surface area contributed by atoms with E-state index >= 15 is 0 Å². The number of rotatable bonds is 5. The van der Waals surface area contributed by atoms with Crippen LogP contribution in [-0.2, 0) is 16.4 Å². The fourth-order valence-corrected chi connectivity index (χ4v) is 5.28.